The summed E-state index contributed by atoms with van der Waals surface area (Å²) in [5.74, 6) is 1.29. The minimum Gasteiger partial charge on any atom is -0.492 e. The standard InChI is InChI=1S/C26H33N3O3/c1-3-31-25-17-23(22-12-8-14-27-22)29-24(25)16-19-15-20-18(10-7-11-21(20)28-19)9-5-6-13-26(30)32-4-2/h8,11-12,14-18,27-29H,3-7,9-10,13H2,1-2H3. The number of carbonyl (C=O) groups excluding carboxylic acids is 1. The van der Waals surface area contributed by atoms with Crippen LogP contribution in [0, 0.1) is 0 Å². The number of aromatic nitrogens is 3. The van der Waals surface area contributed by atoms with E-state index in [1.165, 1.54) is 10.9 Å². The van der Waals surface area contributed by atoms with Crippen LogP contribution in [0.1, 0.15) is 69.5 Å². The van der Waals surface area contributed by atoms with Gasteiger partial charge in [-0.2, -0.15) is 0 Å². The number of aromatic amines is 3. The zero-order valence-corrected chi connectivity index (χ0v) is 19.0. The smallest absolute Gasteiger partial charge is 0.305 e. The second-order valence-corrected chi connectivity index (χ2v) is 8.24. The molecule has 4 rings (SSSR count). The number of H-pyrrole nitrogens is 3. The number of hydrogen-bond donors (Lipinski definition) is 3. The van der Waals surface area contributed by atoms with Crippen molar-refractivity contribution in [3.8, 4) is 17.1 Å². The lowest BCUT2D eigenvalue weighted by molar-refractivity contribution is -0.143. The van der Waals surface area contributed by atoms with E-state index in [2.05, 4.69) is 33.2 Å². The average Bonchev–Trinajstić information content (AvgIpc) is 3.52. The van der Waals surface area contributed by atoms with Gasteiger partial charge in [0.15, 0.2) is 0 Å². The van der Waals surface area contributed by atoms with Crippen molar-refractivity contribution in [1.29, 1.82) is 0 Å². The number of ether oxygens (including phenoxy) is 2. The summed E-state index contributed by atoms with van der Waals surface area (Å²) in [6, 6.07) is 8.34. The molecule has 0 radical (unpaired) electrons. The van der Waals surface area contributed by atoms with Gasteiger partial charge in [0.1, 0.15) is 5.75 Å². The molecule has 0 spiro atoms. The van der Waals surface area contributed by atoms with E-state index in [0.717, 1.165) is 60.3 Å². The molecule has 1 aliphatic carbocycles. The molecular formula is C26H33N3O3. The molecule has 1 aliphatic rings. The topological polar surface area (TPSA) is 82.9 Å². The fourth-order valence-corrected chi connectivity index (χ4v) is 4.50. The number of esters is 1. The van der Waals surface area contributed by atoms with E-state index in [-0.39, 0.29) is 5.97 Å². The molecular weight excluding hydrogens is 402 g/mol. The van der Waals surface area contributed by atoms with Crippen molar-refractivity contribution in [1.82, 2.24) is 15.0 Å². The van der Waals surface area contributed by atoms with Crippen LogP contribution in [-0.2, 0) is 9.53 Å². The van der Waals surface area contributed by atoms with E-state index < -0.39 is 0 Å². The first-order chi connectivity index (χ1) is 15.7. The monoisotopic (exact) mass is 435 g/mol. The molecule has 3 heterocycles. The first-order valence-corrected chi connectivity index (χ1v) is 11.7. The van der Waals surface area contributed by atoms with Gasteiger partial charge in [-0.3, -0.25) is 4.79 Å². The molecule has 3 N–H and O–H groups in total. The van der Waals surface area contributed by atoms with Crippen molar-refractivity contribution in [2.75, 3.05) is 13.2 Å². The molecule has 32 heavy (non-hydrogen) atoms. The Morgan fingerprint density at radius 3 is 2.84 bits per heavy atom. The normalized spacial score (nSPS) is 15.9. The maximum atomic E-state index is 11.6. The average molecular weight is 436 g/mol. The Morgan fingerprint density at radius 2 is 2.06 bits per heavy atom. The minimum atomic E-state index is -0.0848. The van der Waals surface area contributed by atoms with Crippen LogP contribution in [-0.4, -0.2) is 34.1 Å². The van der Waals surface area contributed by atoms with E-state index >= 15 is 0 Å². The molecule has 6 nitrogen and oxygen atoms in total. The van der Waals surface area contributed by atoms with Crippen LogP contribution in [0.3, 0.4) is 0 Å². The van der Waals surface area contributed by atoms with Crippen LogP contribution >= 0.6 is 0 Å². The van der Waals surface area contributed by atoms with Gasteiger partial charge in [-0.15, -0.1) is 0 Å². The Kier molecular flexibility index (Phi) is 7.20. The largest absolute Gasteiger partial charge is 0.492 e. The van der Waals surface area contributed by atoms with Crippen molar-refractivity contribution in [3.63, 3.8) is 0 Å². The summed E-state index contributed by atoms with van der Waals surface area (Å²) in [6.45, 7) is 4.93. The summed E-state index contributed by atoms with van der Waals surface area (Å²) in [6.07, 6.45) is 12.1. The van der Waals surface area contributed by atoms with Crippen molar-refractivity contribution < 1.29 is 14.3 Å². The van der Waals surface area contributed by atoms with E-state index in [9.17, 15) is 4.79 Å². The number of fused-ring (bicyclic) bond motifs is 1. The fraction of sp³-hybridized carbons (Fsp3) is 0.423. The maximum Gasteiger partial charge on any atom is 0.305 e. The lowest BCUT2D eigenvalue weighted by atomic mass is 9.87. The first kappa shape index (κ1) is 22.1. The van der Waals surface area contributed by atoms with Gasteiger partial charge in [0, 0.05) is 29.4 Å². The first-order valence-electron chi connectivity index (χ1n) is 11.7. The number of carbonyl (C=O) groups is 1. The molecule has 170 valence electrons. The summed E-state index contributed by atoms with van der Waals surface area (Å²) >= 11 is 0. The Hall–Kier alpha value is -3.15. The van der Waals surface area contributed by atoms with Gasteiger partial charge < -0.3 is 24.4 Å². The minimum absolute atomic E-state index is 0.0848. The Balaban J connectivity index is 1.51. The molecule has 1 atom stereocenters. The van der Waals surface area contributed by atoms with Crippen molar-refractivity contribution in [2.24, 2.45) is 0 Å². The molecule has 3 aromatic heterocycles. The third-order valence-electron chi connectivity index (χ3n) is 5.99. The van der Waals surface area contributed by atoms with Crippen LogP contribution in [0.15, 0.2) is 30.5 Å². The van der Waals surface area contributed by atoms with E-state index in [1.807, 2.05) is 38.2 Å². The maximum absolute atomic E-state index is 11.6. The van der Waals surface area contributed by atoms with Crippen molar-refractivity contribution in [2.45, 2.75) is 58.3 Å². The van der Waals surface area contributed by atoms with Crippen LogP contribution in [0.2, 0.25) is 0 Å². The molecule has 0 fully saturated rings. The van der Waals surface area contributed by atoms with Crippen LogP contribution in [0.5, 0.6) is 5.75 Å². The lowest BCUT2D eigenvalue weighted by Crippen LogP contribution is -2.18. The molecule has 1 unspecified atom stereocenters. The Morgan fingerprint density at radius 1 is 1.16 bits per heavy atom. The summed E-state index contributed by atoms with van der Waals surface area (Å²) in [5.41, 5.74) is 4.38. The third-order valence-corrected chi connectivity index (χ3v) is 5.99. The molecule has 3 aromatic rings. The molecule has 0 saturated carbocycles. The highest BCUT2D eigenvalue weighted by Crippen LogP contribution is 2.29. The lowest BCUT2D eigenvalue weighted by Gasteiger charge is -2.18. The van der Waals surface area contributed by atoms with E-state index in [1.54, 1.807) is 0 Å². The van der Waals surface area contributed by atoms with Crippen LogP contribution < -0.4 is 15.4 Å². The van der Waals surface area contributed by atoms with E-state index in [4.69, 9.17) is 9.47 Å². The number of rotatable bonds is 10. The van der Waals surface area contributed by atoms with Gasteiger partial charge >= 0.3 is 5.97 Å². The molecule has 0 aliphatic heterocycles. The van der Waals surface area contributed by atoms with Gasteiger partial charge in [-0.1, -0.05) is 12.5 Å². The van der Waals surface area contributed by atoms with Gasteiger partial charge in [0.25, 0.3) is 0 Å². The summed E-state index contributed by atoms with van der Waals surface area (Å²) < 4.78 is 10.9. The van der Waals surface area contributed by atoms with Crippen molar-refractivity contribution >= 4 is 18.1 Å². The Bertz CT molecular complexity index is 1140. The van der Waals surface area contributed by atoms with Gasteiger partial charge in [-0.05, 0) is 75.3 Å². The zero-order valence-electron chi connectivity index (χ0n) is 19.0. The molecule has 6 heteroatoms. The van der Waals surface area contributed by atoms with Gasteiger partial charge in [0.05, 0.1) is 30.3 Å². The Labute approximate surface area is 188 Å². The fourth-order valence-electron chi connectivity index (χ4n) is 4.50. The summed E-state index contributed by atoms with van der Waals surface area (Å²) in [5, 5.41) is 2.30. The van der Waals surface area contributed by atoms with Crippen molar-refractivity contribution in [3.05, 3.63) is 52.4 Å². The molecule has 0 bridgehead atoms. The predicted molar refractivity (Wildman–Crippen MR) is 127 cm³/mol. The second kappa shape index (κ2) is 10.4. The van der Waals surface area contributed by atoms with Gasteiger partial charge in [0.2, 0.25) is 0 Å². The van der Waals surface area contributed by atoms with Crippen LogP contribution in [0.25, 0.3) is 23.5 Å². The molecule has 0 saturated heterocycles. The number of hydrogen-bond acceptors (Lipinski definition) is 3. The molecule has 0 amide bonds. The third kappa shape index (κ3) is 5.18. The quantitative estimate of drug-likeness (QED) is 0.327. The second-order valence-electron chi connectivity index (χ2n) is 8.24. The molecule has 0 aromatic carbocycles. The SMILES string of the molecule is CCOC(=O)CCCCC1CCC=c2[nH]c(=Cc3[nH]c(-c4ccc[nH]4)cc3OCC)cc21. The number of nitrogens with one attached hydrogen (secondary N) is 3. The summed E-state index contributed by atoms with van der Waals surface area (Å²) in [7, 11) is 0. The van der Waals surface area contributed by atoms with Crippen LogP contribution in [0.4, 0.5) is 0 Å². The van der Waals surface area contributed by atoms with E-state index in [0.29, 0.717) is 25.6 Å². The highest BCUT2D eigenvalue weighted by atomic mass is 16.5. The van der Waals surface area contributed by atoms with Gasteiger partial charge in [-0.25, -0.2) is 0 Å². The predicted octanol–water partition coefficient (Wildman–Crippen LogP) is 4.35. The number of unbranched alkanes of at least 4 members (excludes halogenated alkanes) is 1. The summed E-state index contributed by atoms with van der Waals surface area (Å²) in [4.78, 5) is 21.9. The zero-order chi connectivity index (χ0) is 22.3. The highest BCUT2D eigenvalue weighted by molar-refractivity contribution is 5.69. The highest BCUT2D eigenvalue weighted by Gasteiger charge is 2.18.